The quantitative estimate of drug-likeness (QED) is 0.378. The monoisotopic (exact) mass is 485 g/mol. The molecule has 2 aliphatic rings. The number of hydrogen-bond donors (Lipinski definition) is 1. The average molecular weight is 486 g/mol. The molecule has 4 rings (SSSR count). The fourth-order valence-corrected chi connectivity index (χ4v) is 5.66. The molecule has 1 aromatic heterocycles. The molecule has 34 heavy (non-hydrogen) atoms. The second kappa shape index (κ2) is 12.0. The van der Waals surface area contributed by atoms with E-state index in [9.17, 15) is 9.18 Å². The van der Waals surface area contributed by atoms with Gasteiger partial charge in [-0.05, 0) is 96.1 Å². The molecule has 1 aliphatic carbocycles. The summed E-state index contributed by atoms with van der Waals surface area (Å²) in [6.07, 6.45) is 11.7. The van der Waals surface area contributed by atoms with Crippen LogP contribution in [0.25, 0.3) is 5.69 Å². The van der Waals surface area contributed by atoms with Crippen molar-refractivity contribution in [3.8, 4) is 5.69 Å². The Morgan fingerprint density at radius 3 is 2.56 bits per heavy atom. The maximum atomic E-state index is 13.6. The first-order valence-electron chi connectivity index (χ1n) is 12.6. The van der Waals surface area contributed by atoms with Gasteiger partial charge in [-0.1, -0.05) is 29.8 Å². The molecule has 0 radical (unpaired) electrons. The van der Waals surface area contributed by atoms with E-state index in [1.54, 1.807) is 12.1 Å². The van der Waals surface area contributed by atoms with Gasteiger partial charge in [0.05, 0.1) is 11.3 Å². The Morgan fingerprint density at radius 1 is 1.09 bits per heavy atom. The number of amides is 1. The van der Waals surface area contributed by atoms with Crippen LogP contribution < -0.4 is 5.32 Å². The van der Waals surface area contributed by atoms with E-state index in [4.69, 9.17) is 0 Å². The lowest BCUT2D eigenvalue weighted by Gasteiger charge is -2.32. The van der Waals surface area contributed by atoms with E-state index >= 15 is 0 Å². The van der Waals surface area contributed by atoms with Gasteiger partial charge in [-0.3, -0.25) is 14.3 Å². The fraction of sp³-hybridized carbons (Fsp3) is 0.577. The Hall–Kier alpha value is -2.19. The number of allylic oxidation sites excluding steroid dienone is 1. The van der Waals surface area contributed by atoms with Crippen LogP contribution in [-0.4, -0.2) is 50.5 Å². The van der Waals surface area contributed by atoms with E-state index in [0.29, 0.717) is 11.7 Å². The summed E-state index contributed by atoms with van der Waals surface area (Å²) < 4.78 is 15.6. The number of hydrogen-bond acceptors (Lipinski definition) is 5. The van der Waals surface area contributed by atoms with Crippen molar-refractivity contribution < 1.29 is 9.18 Å². The van der Waals surface area contributed by atoms with Gasteiger partial charge in [0, 0.05) is 12.2 Å². The minimum absolute atomic E-state index is 0.000643. The second-order valence-corrected chi connectivity index (χ2v) is 10.6. The van der Waals surface area contributed by atoms with E-state index < -0.39 is 0 Å². The molecule has 2 heterocycles. The molecule has 2 atom stereocenters. The van der Waals surface area contributed by atoms with Crippen molar-refractivity contribution in [2.45, 2.75) is 81.7 Å². The SMILES string of the molecule is C[C@H](Sc1nnc([C@H](C)N2CCCCC2)n1-c1ccc(F)cc1)C(=O)NCCC1=CCCCC1. The Morgan fingerprint density at radius 2 is 1.85 bits per heavy atom. The highest BCUT2D eigenvalue weighted by molar-refractivity contribution is 8.00. The summed E-state index contributed by atoms with van der Waals surface area (Å²) in [6, 6.07) is 6.49. The normalized spacial score (nSPS) is 18.9. The third-order valence-electron chi connectivity index (χ3n) is 6.84. The highest BCUT2D eigenvalue weighted by atomic mass is 32.2. The topological polar surface area (TPSA) is 63.1 Å². The van der Waals surface area contributed by atoms with E-state index in [1.165, 1.54) is 61.6 Å². The van der Waals surface area contributed by atoms with E-state index in [-0.39, 0.29) is 23.0 Å². The summed E-state index contributed by atoms with van der Waals surface area (Å²) in [5.74, 6) is 0.547. The van der Waals surface area contributed by atoms with E-state index in [1.807, 2.05) is 11.5 Å². The van der Waals surface area contributed by atoms with Gasteiger partial charge in [0.15, 0.2) is 11.0 Å². The molecule has 0 unspecified atom stereocenters. The summed E-state index contributed by atoms with van der Waals surface area (Å²) >= 11 is 1.40. The Labute approximate surface area is 206 Å². The summed E-state index contributed by atoms with van der Waals surface area (Å²) in [7, 11) is 0. The van der Waals surface area contributed by atoms with Crippen molar-refractivity contribution >= 4 is 17.7 Å². The van der Waals surface area contributed by atoms with Crippen LogP contribution in [0.5, 0.6) is 0 Å². The average Bonchev–Trinajstić information content (AvgIpc) is 3.28. The van der Waals surface area contributed by atoms with Crippen LogP contribution in [0.4, 0.5) is 4.39 Å². The molecule has 0 bridgehead atoms. The smallest absolute Gasteiger partial charge is 0.233 e. The molecule has 1 fully saturated rings. The molecule has 1 aromatic carbocycles. The van der Waals surface area contributed by atoms with Gasteiger partial charge >= 0.3 is 0 Å². The lowest BCUT2D eigenvalue weighted by atomic mass is 9.97. The van der Waals surface area contributed by atoms with E-state index in [0.717, 1.165) is 43.9 Å². The van der Waals surface area contributed by atoms with Crippen molar-refractivity contribution in [3.05, 3.63) is 47.6 Å². The van der Waals surface area contributed by atoms with Crippen LogP contribution in [0.3, 0.4) is 0 Å². The highest BCUT2D eigenvalue weighted by Gasteiger charge is 2.27. The molecular weight excluding hydrogens is 449 g/mol. The molecule has 1 aliphatic heterocycles. The number of rotatable bonds is 9. The highest BCUT2D eigenvalue weighted by Crippen LogP contribution is 2.31. The molecule has 184 valence electrons. The number of thioether (sulfide) groups is 1. The molecule has 8 heteroatoms. The van der Waals surface area contributed by atoms with Crippen molar-refractivity contribution in [1.29, 1.82) is 0 Å². The van der Waals surface area contributed by atoms with Crippen LogP contribution in [-0.2, 0) is 4.79 Å². The zero-order valence-electron chi connectivity index (χ0n) is 20.3. The lowest BCUT2D eigenvalue weighted by molar-refractivity contribution is -0.120. The molecular formula is C26H36FN5OS. The predicted octanol–water partition coefficient (Wildman–Crippen LogP) is 5.44. The molecule has 2 aromatic rings. The van der Waals surface area contributed by atoms with Crippen LogP contribution in [0.2, 0.25) is 0 Å². The number of carbonyl (C=O) groups is 1. The number of piperidine rings is 1. The maximum Gasteiger partial charge on any atom is 0.233 e. The van der Waals surface area contributed by atoms with Crippen molar-refractivity contribution in [2.24, 2.45) is 0 Å². The zero-order valence-corrected chi connectivity index (χ0v) is 21.1. The number of nitrogens with zero attached hydrogens (tertiary/aromatic N) is 4. The van der Waals surface area contributed by atoms with Gasteiger partial charge in [0.25, 0.3) is 0 Å². The summed E-state index contributed by atoms with van der Waals surface area (Å²) in [6.45, 7) is 6.79. The summed E-state index contributed by atoms with van der Waals surface area (Å²) in [4.78, 5) is 15.2. The summed E-state index contributed by atoms with van der Waals surface area (Å²) in [5, 5.41) is 12.4. The predicted molar refractivity (Wildman–Crippen MR) is 135 cm³/mol. The third-order valence-corrected chi connectivity index (χ3v) is 7.88. The molecule has 1 saturated heterocycles. The lowest BCUT2D eigenvalue weighted by Crippen LogP contribution is -2.33. The molecule has 0 saturated carbocycles. The number of benzene rings is 1. The third kappa shape index (κ3) is 6.27. The Bertz CT molecular complexity index is 984. The number of nitrogens with one attached hydrogen (secondary N) is 1. The molecule has 1 amide bonds. The van der Waals surface area contributed by atoms with Crippen LogP contribution >= 0.6 is 11.8 Å². The van der Waals surface area contributed by atoms with Gasteiger partial charge in [0.1, 0.15) is 5.82 Å². The van der Waals surface area contributed by atoms with Crippen LogP contribution in [0.1, 0.15) is 77.1 Å². The van der Waals surface area contributed by atoms with Gasteiger partial charge in [-0.25, -0.2) is 4.39 Å². The largest absolute Gasteiger partial charge is 0.355 e. The first-order chi connectivity index (χ1) is 16.5. The van der Waals surface area contributed by atoms with Crippen molar-refractivity contribution in [2.75, 3.05) is 19.6 Å². The molecule has 1 N–H and O–H groups in total. The fourth-order valence-electron chi connectivity index (χ4n) is 4.76. The first kappa shape index (κ1) is 24.9. The van der Waals surface area contributed by atoms with Gasteiger partial charge < -0.3 is 5.32 Å². The van der Waals surface area contributed by atoms with Crippen molar-refractivity contribution in [3.63, 3.8) is 0 Å². The van der Waals surface area contributed by atoms with Crippen molar-refractivity contribution in [1.82, 2.24) is 25.0 Å². The van der Waals surface area contributed by atoms with Gasteiger partial charge in [-0.15, -0.1) is 10.2 Å². The zero-order chi connectivity index (χ0) is 23.9. The Balaban J connectivity index is 1.47. The first-order valence-corrected chi connectivity index (χ1v) is 13.5. The maximum absolute atomic E-state index is 13.6. The number of aromatic nitrogens is 3. The van der Waals surface area contributed by atoms with Crippen LogP contribution in [0, 0.1) is 5.82 Å². The van der Waals surface area contributed by atoms with Gasteiger partial charge in [0.2, 0.25) is 5.91 Å². The number of likely N-dealkylation sites (tertiary alicyclic amines) is 1. The van der Waals surface area contributed by atoms with E-state index in [2.05, 4.69) is 33.4 Å². The number of halogens is 1. The molecule has 6 nitrogen and oxygen atoms in total. The number of carbonyl (C=O) groups excluding carboxylic acids is 1. The molecule has 0 spiro atoms. The standard InChI is InChI=1S/C26H36FN5OS/c1-19(31-17-7-4-8-18-31)24-29-30-26(32(24)23-13-11-22(27)12-14-23)34-20(2)25(33)28-16-15-21-9-5-3-6-10-21/h9,11-14,19-20H,3-8,10,15-18H2,1-2H3,(H,28,33)/t19-,20-/m0/s1. The minimum atomic E-state index is -0.318. The summed E-state index contributed by atoms with van der Waals surface area (Å²) in [5.41, 5.74) is 2.27. The second-order valence-electron chi connectivity index (χ2n) is 9.33. The van der Waals surface area contributed by atoms with Crippen LogP contribution in [0.15, 0.2) is 41.1 Å². The Kier molecular flexibility index (Phi) is 8.78. The minimum Gasteiger partial charge on any atom is -0.355 e. The van der Waals surface area contributed by atoms with Gasteiger partial charge in [-0.2, -0.15) is 0 Å².